The summed E-state index contributed by atoms with van der Waals surface area (Å²) >= 11 is 1.84. The van der Waals surface area contributed by atoms with Crippen molar-refractivity contribution in [1.82, 2.24) is 10.6 Å². The van der Waals surface area contributed by atoms with Gasteiger partial charge >= 0.3 is 0 Å². The van der Waals surface area contributed by atoms with Crippen LogP contribution in [-0.4, -0.2) is 49.3 Å². The zero-order chi connectivity index (χ0) is 14.7. The van der Waals surface area contributed by atoms with Crippen LogP contribution in [0.25, 0.3) is 0 Å². The van der Waals surface area contributed by atoms with Gasteiger partial charge in [0.25, 0.3) is 0 Å². The Hall–Kier alpha value is -0.420. The van der Waals surface area contributed by atoms with Crippen LogP contribution in [-0.2, 0) is 4.74 Å². The molecule has 2 N–H and O–H groups in total. The van der Waals surface area contributed by atoms with E-state index in [1.165, 1.54) is 0 Å². The average molecular weight is 289 g/mol. The predicted molar refractivity (Wildman–Crippen MR) is 87.3 cm³/mol. The molecule has 0 aromatic heterocycles. The van der Waals surface area contributed by atoms with Gasteiger partial charge in [-0.3, -0.25) is 4.99 Å². The smallest absolute Gasteiger partial charge is 0.191 e. The number of nitrogens with one attached hydrogen (secondary N) is 2. The van der Waals surface area contributed by atoms with Gasteiger partial charge in [0.1, 0.15) is 0 Å². The normalized spacial score (nSPS) is 12.9. The molecule has 0 spiro atoms. The molecule has 0 rings (SSSR count). The number of aliphatic imine (C=N–C) groups is 1. The highest BCUT2D eigenvalue weighted by atomic mass is 32.2. The number of hydrogen-bond acceptors (Lipinski definition) is 3. The van der Waals surface area contributed by atoms with Crippen LogP contribution in [0, 0.1) is 0 Å². The summed E-state index contributed by atoms with van der Waals surface area (Å²) in [5.74, 6) is 0.897. The Balaban J connectivity index is 4.01. The Bertz CT molecular complexity index is 255. The van der Waals surface area contributed by atoms with Crippen LogP contribution in [0.3, 0.4) is 0 Å². The van der Waals surface area contributed by atoms with Crippen molar-refractivity contribution in [2.45, 2.75) is 51.9 Å². The molecule has 114 valence electrons. The highest BCUT2D eigenvalue weighted by molar-refractivity contribution is 7.99. The highest BCUT2D eigenvalue weighted by Crippen LogP contribution is 2.20. The number of nitrogens with zero attached hydrogens (tertiary/aromatic N) is 1. The Morgan fingerprint density at radius 2 is 2.00 bits per heavy atom. The van der Waals surface area contributed by atoms with E-state index in [-0.39, 0.29) is 4.75 Å². The SMILES string of the molecule is CCNC(=NCC(C)(C)SC)NCCCOC(C)C. The van der Waals surface area contributed by atoms with Gasteiger partial charge in [-0.15, -0.1) is 0 Å². The maximum Gasteiger partial charge on any atom is 0.191 e. The van der Waals surface area contributed by atoms with Crippen LogP contribution in [0.5, 0.6) is 0 Å². The van der Waals surface area contributed by atoms with Gasteiger partial charge in [-0.1, -0.05) is 0 Å². The third kappa shape index (κ3) is 11.1. The molecular formula is C14H31N3OS. The zero-order valence-electron chi connectivity index (χ0n) is 13.4. The molecule has 0 saturated heterocycles. The monoisotopic (exact) mass is 289 g/mol. The summed E-state index contributed by atoms with van der Waals surface area (Å²) < 4.78 is 5.70. The lowest BCUT2D eigenvalue weighted by Crippen LogP contribution is -2.39. The molecule has 0 radical (unpaired) electrons. The molecule has 0 aliphatic carbocycles. The van der Waals surface area contributed by atoms with E-state index in [2.05, 4.69) is 56.5 Å². The van der Waals surface area contributed by atoms with Gasteiger partial charge in [-0.05, 0) is 47.3 Å². The molecule has 0 aromatic carbocycles. The highest BCUT2D eigenvalue weighted by Gasteiger charge is 2.15. The van der Waals surface area contributed by atoms with E-state index in [9.17, 15) is 0 Å². The molecule has 0 unspecified atom stereocenters. The summed E-state index contributed by atoms with van der Waals surface area (Å²) in [5, 5.41) is 6.61. The molecular weight excluding hydrogens is 258 g/mol. The Kier molecular flexibility index (Phi) is 10.1. The van der Waals surface area contributed by atoms with Gasteiger partial charge in [0.05, 0.1) is 12.6 Å². The molecule has 0 atom stereocenters. The lowest BCUT2D eigenvalue weighted by molar-refractivity contribution is 0.0776. The van der Waals surface area contributed by atoms with Crippen LogP contribution in [0.1, 0.15) is 41.0 Å². The Morgan fingerprint density at radius 3 is 2.53 bits per heavy atom. The summed E-state index contributed by atoms with van der Waals surface area (Å²) in [5.41, 5.74) is 0. The van der Waals surface area contributed by atoms with Crippen LogP contribution in [0.2, 0.25) is 0 Å². The quantitative estimate of drug-likeness (QED) is 0.389. The minimum atomic E-state index is 0.184. The molecule has 4 nitrogen and oxygen atoms in total. The standard InChI is InChI=1S/C14H31N3OS/c1-7-15-13(17-11-14(4,5)19-6)16-9-8-10-18-12(2)3/h12H,7-11H2,1-6H3,(H2,15,16,17). The second-order valence-electron chi connectivity index (χ2n) is 5.36. The van der Waals surface area contributed by atoms with Gasteiger partial charge in [0, 0.05) is 24.4 Å². The summed E-state index contributed by atoms with van der Waals surface area (Å²) in [6.07, 6.45) is 3.43. The van der Waals surface area contributed by atoms with Crippen molar-refractivity contribution in [2.75, 3.05) is 32.5 Å². The molecule has 0 aliphatic heterocycles. The Labute approximate surface area is 123 Å². The lowest BCUT2D eigenvalue weighted by atomic mass is 10.2. The molecule has 5 heteroatoms. The molecule has 0 fully saturated rings. The molecule has 0 aliphatic rings. The van der Waals surface area contributed by atoms with Crippen molar-refractivity contribution < 1.29 is 4.74 Å². The number of rotatable bonds is 9. The number of thioether (sulfide) groups is 1. The lowest BCUT2D eigenvalue weighted by Gasteiger charge is -2.20. The van der Waals surface area contributed by atoms with Crippen molar-refractivity contribution >= 4 is 17.7 Å². The second kappa shape index (κ2) is 10.4. The third-order valence-electron chi connectivity index (χ3n) is 2.58. The van der Waals surface area contributed by atoms with Crippen molar-refractivity contribution in [3.05, 3.63) is 0 Å². The summed E-state index contributed by atoms with van der Waals surface area (Å²) in [6.45, 7) is 14.0. The molecule has 0 bridgehead atoms. The maximum absolute atomic E-state index is 5.51. The summed E-state index contributed by atoms with van der Waals surface area (Å²) in [4.78, 5) is 4.62. The first kappa shape index (κ1) is 18.6. The minimum Gasteiger partial charge on any atom is -0.379 e. The van der Waals surface area contributed by atoms with Crippen molar-refractivity contribution in [3.63, 3.8) is 0 Å². The van der Waals surface area contributed by atoms with E-state index in [4.69, 9.17) is 4.74 Å². The van der Waals surface area contributed by atoms with Crippen molar-refractivity contribution in [1.29, 1.82) is 0 Å². The van der Waals surface area contributed by atoms with Gasteiger partial charge in [-0.2, -0.15) is 11.8 Å². The first-order valence-electron chi connectivity index (χ1n) is 7.10. The van der Waals surface area contributed by atoms with Crippen molar-refractivity contribution in [2.24, 2.45) is 4.99 Å². The second-order valence-corrected chi connectivity index (χ2v) is 6.87. The van der Waals surface area contributed by atoms with Crippen molar-refractivity contribution in [3.8, 4) is 0 Å². The molecule has 19 heavy (non-hydrogen) atoms. The number of hydrogen-bond donors (Lipinski definition) is 2. The topological polar surface area (TPSA) is 45.7 Å². The van der Waals surface area contributed by atoms with E-state index >= 15 is 0 Å². The fourth-order valence-electron chi connectivity index (χ4n) is 1.27. The summed E-state index contributed by atoms with van der Waals surface area (Å²) in [6, 6.07) is 0. The number of ether oxygens (including phenoxy) is 1. The van der Waals surface area contributed by atoms with Gasteiger partial charge in [0.2, 0.25) is 0 Å². The Morgan fingerprint density at radius 1 is 1.32 bits per heavy atom. The largest absolute Gasteiger partial charge is 0.379 e. The molecule has 0 aromatic rings. The van der Waals surface area contributed by atoms with Crippen LogP contribution >= 0.6 is 11.8 Å². The van der Waals surface area contributed by atoms with Crippen LogP contribution < -0.4 is 10.6 Å². The van der Waals surface area contributed by atoms with E-state index in [1.54, 1.807) is 0 Å². The zero-order valence-corrected chi connectivity index (χ0v) is 14.2. The fourth-order valence-corrected chi connectivity index (χ4v) is 1.47. The molecule has 0 heterocycles. The first-order valence-corrected chi connectivity index (χ1v) is 8.32. The number of guanidine groups is 1. The fraction of sp³-hybridized carbons (Fsp3) is 0.929. The summed E-state index contributed by atoms with van der Waals surface area (Å²) in [7, 11) is 0. The predicted octanol–water partition coefficient (Wildman–Crippen LogP) is 2.50. The third-order valence-corrected chi connectivity index (χ3v) is 3.81. The van der Waals surface area contributed by atoms with Crippen LogP contribution in [0.15, 0.2) is 4.99 Å². The average Bonchev–Trinajstić information content (AvgIpc) is 2.35. The minimum absolute atomic E-state index is 0.184. The molecule has 0 amide bonds. The van der Waals surface area contributed by atoms with E-state index < -0.39 is 0 Å². The molecule has 0 saturated carbocycles. The van der Waals surface area contributed by atoms with Gasteiger partial charge in [-0.25, -0.2) is 0 Å². The van der Waals surface area contributed by atoms with Gasteiger partial charge in [0.15, 0.2) is 5.96 Å². The van der Waals surface area contributed by atoms with Gasteiger partial charge < -0.3 is 15.4 Å². The van der Waals surface area contributed by atoms with E-state index in [0.717, 1.165) is 38.6 Å². The van der Waals surface area contributed by atoms with E-state index in [1.807, 2.05) is 11.8 Å². The van der Waals surface area contributed by atoms with Crippen LogP contribution in [0.4, 0.5) is 0 Å². The maximum atomic E-state index is 5.51. The first-order chi connectivity index (χ1) is 8.91. The van der Waals surface area contributed by atoms with E-state index in [0.29, 0.717) is 6.10 Å².